The summed E-state index contributed by atoms with van der Waals surface area (Å²) in [6, 6.07) is 8.01. The predicted molar refractivity (Wildman–Crippen MR) is 76.5 cm³/mol. The Morgan fingerprint density at radius 1 is 1.47 bits per heavy atom. The van der Waals surface area contributed by atoms with Crippen molar-refractivity contribution in [3.8, 4) is 11.8 Å². The Hall–Kier alpha value is -1.24. The minimum atomic E-state index is 0.432. The van der Waals surface area contributed by atoms with Crippen LogP contribution < -0.4 is 4.74 Å². The number of nitriles is 1. The lowest BCUT2D eigenvalue weighted by atomic mass is 10.0. The lowest BCUT2D eigenvalue weighted by Gasteiger charge is -2.32. The van der Waals surface area contributed by atoms with E-state index in [1.807, 2.05) is 6.07 Å². The molecule has 0 aliphatic carbocycles. The van der Waals surface area contributed by atoms with Crippen molar-refractivity contribution < 1.29 is 4.74 Å². The zero-order valence-corrected chi connectivity index (χ0v) is 12.0. The van der Waals surface area contributed by atoms with Gasteiger partial charge in [-0.05, 0) is 45.0 Å². The summed E-state index contributed by atoms with van der Waals surface area (Å²) in [4.78, 5) is 2.40. The fourth-order valence-electron chi connectivity index (χ4n) is 2.55. The summed E-state index contributed by atoms with van der Waals surface area (Å²) in [5, 5.41) is 9.52. The molecule has 1 aliphatic rings. The summed E-state index contributed by atoms with van der Waals surface area (Å²) in [6.07, 6.45) is 4.82. The van der Waals surface area contributed by atoms with Crippen LogP contribution in [0, 0.1) is 11.3 Å². The van der Waals surface area contributed by atoms with Crippen LogP contribution in [0.25, 0.3) is 0 Å². The van der Waals surface area contributed by atoms with Crippen molar-refractivity contribution in [1.82, 2.24) is 4.90 Å². The Balaban J connectivity index is 1.89. The van der Waals surface area contributed by atoms with Gasteiger partial charge in [-0.3, -0.25) is 0 Å². The quantitative estimate of drug-likeness (QED) is 0.846. The first-order valence-corrected chi connectivity index (χ1v) is 7.12. The molecule has 0 amide bonds. The first-order chi connectivity index (χ1) is 9.22. The Morgan fingerprint density at radius 3 is 3.05 bits per heavy atom. The second kappa shape index (κ2) is 6.79. The molecule has 1 aromatic carbocycles. The molecule has 102 valence electrons. The molecule has 1 heterocycles. The zero-order chi connectivity index (χ0) is 13.7. The normalized spacial score (nSPS) is 19.9. The zero-order valence-electron chi connectivity index (χ0n) is 11.2. The molecule has 0 spiro atoms. The number of benzene rings is 1. The van der Waals surface area contributed by atoms with Crippen molar-refractivity contribution in [3.05, 3.63) is 28.8 Å². The lowest BCUT2D eigenvalue weighted by Crippen LogP contribution is -2.37. The van der Waals surface area contributed by atoms with E-state index in [0.29, 0.717) is 29.0 Å². The van der Waals surface area contributed by atoms with E-state index >= 15 is 0 Å². The third kappa shape index (κ3) is 3.62. The van der Waals surface area contributed by atoms with Crippen molar-refractivity contribution in [3.63, 3.8) is 0 Å². The highest BCUT2D eigenvalue weighted by Gasteiger charge is 2.18. The van der Waals surface area contributed by atoms with Gasteiger partial charge in [-0.2, -0.15) is 5.26 Å². The Labute approximate surface area is 119 Å². The van der Waals surface area contributed by atoms with Gasteiger partial charge in [0, 0.05) is 6.04 Å². The summed E-state index contributed by atoms with van der Waals surface area (Å²) in [5.41, 5.74) is 0.432. The highest BCUT2D eigenvalue weighted by Crippen LogP contribution is 2.26. The molecular formula is C15H19ClN2O. The van der Waals surface area contributed by atoms with Crippen LogP contribution in [0.2, 0.25) is 5.02 Å². The van der Waals surface area contributed by atoms with Gasteiger partial charge >= 0.3 is 0 Å². The Kier molecular flexibility index (Phi) is 5.07. The predicted octanol–water partition coefficient (Wildman–Crippen LogP) is 3.46. The third-order valence-electron chi connectivity index (χ3n) is 3.72. The van der Waals surface area contributed by atoms with Crippen LogP contribution in [0.15, 0.2) is 18.2 Å². The van der Waals surface area contributed by atoms with Crippen molar-refractivity contribution in [2.45, 2.75) is 31.7 Å². The van der Waals surface area contributed by atoms with Gasteiger partial charge in [-0.25, -0.2) is 0 Å². The van der Waals surface area contributed by atoms with E-state index in [2.05, 4.69) is 18.0 Å². The third-order valence-corrected chi connectivity index (χ3v) is 4.03. The molecule has 0 bridgehead atoms. The van der Waals surface area contributed by atoms with Gasteiger partial charge < -0.3 is 9.64 Å². The largest absolute Gasteiger partial charge is 0.492 e. The average Bonchev–Trinajstić information content (AvgIpc) is 2.41. The summed E-state index contributed by atoms with van der Waals surface area (Å²) < 4.78 is 5.73. The minimum absolute atomic E-state index is 0.432. The van der Waals surface area contributed by atoms with Gasteiger partial charge in [-0.1, -0.05) is 24.1 Å². The molecule has 0 radical (unpaired) electrons. The number of likely N-dealkylation sites (tertiary alicyclic amines) is 1. The van der Waals surface area contributed by atoms with Crippen molar-refractivity contribution in [1.29, 1.82) is 5.26 Å². The van der Waals surface area contributed by atoms with Crippen molar-refractivity contribution in [2.24, 2.45) is 0 Å². The molecule has 1 saturated heterocycles. The van der Waals surface area contributed by atoms with Crippen LogP contribution in [0.1, 0.15) is 31.2 Å². The summed E-state index contributed by atoms with van der Waals surface area (Å²) in [5.74, 6) is 0.591. The summed E-state index contributed by atoms with van der Waals surface area (Å²) in [7, 11) is 2.17. The molecule has 0 N–H and O–H groups in total. The molecule has 0 saturated carbocycles. The topological polar surface area (TPSA) is 36.3 Å². The van der Waals surface area contributed by atoms with Crippen LogP contribution in [-0.4, -0.2) is 31.1 Å². The SMILES string of the molecule is CN1CCCCC1CCOc1cccc(Cl)c1C#N. The van der Waals surface area contributed by atoms with E-state index in [0.717, 1.165) is 6.42 Å². The molecule has 2 rings (SSSR count). The number of piperidine rings is 1. The highest BCUT2D eigenvalue weighted by molar-refractivity contribution is 6.31. The number of rotatable bonds is 4. The molecule has 1 aliphatic heterocycles. The minimum Gasteiger partial charge on any atom is -0.492 e. The second-order valence-corrected chi connectivity index (χ2v) is 5.40. The fourth-order valence-corrected chi connectivity index (χ4v) is 2.76. The molecule has 1 unspecified atom stereocenters. The van der Waals surface area contributed by atoms with Crippen LogP contribution in [0.3, 0.4) is 0 Å². The number of ether oxygens (including phenoxy) is 1. The highest BCUT2D eigenvalue weighted by atomic mass is 35.5. The van der Waals surface area contributed by atoms with Crippen LogP contribution in [0.5, 0.6) is 5.75 Å². The molecule has 4 heteroatoms. The van der Waals surface area contributed by atoms with Gasteiger partial charge in [0.25, 0.3) is 0 Å². The first-order valence-electron chi connectivity index (χ1n) is 6.74. The number of nitrogens with zero attached hydrogens (tertiary/aromatic N) is 2. The van der Waals surface area contributed by atoms with Crippen LogP contribution >= 0.6 is 11.6 Å². The number of halogens is 1. The van der Waals surface area contributed by atoms with Crippen molar-refractivity contribution >= 4 is 11.6 Å². The Morgan fingerprint density at radius 2 is 2.32 bits per heavy atom. The summed E-state index contributed by atoms with van der Waals surface area (Å²) >= 11 is 5.97. The van der Waals surface area contributed by atoms with Gasteiger partial charge in [0.1, 0.15) is 17.4 Å². The number of hydrogen-bond acceptors (Lipinski definition) is 3. The van der Waals surface area contributed by atoms with E-state index in [1.54, 1.807) is 12.1 Å². The van der Waals surface area contributed by atoms with Crippen LogP contribution in [0.4, 0.5) is 0 Å². The maximum Gasteiger partial charge on any atom is 0.138 e. The van der Waals surface area contributed by atoms with Gasteiger partial charge in [0.15, 0.2) is 0 Å². The second-order valence-electron chi connectivity index (χ2n) is 4.99. The van der Waals surface area contributed by atoms with E-state index in [9.17, 15) is 0 Å². The van der Waals surface area contributed by atoms with Gasteiger partial charge in [0.2, 0.25) is 0 Å². The summed E-state index contributed by atoms with van der Waals surface area (Å²) in [6.45, 7) is 1.80. The van der Waals surface area contributed by atoms with Gasteiger partial charge in [-0.15, -0.1) is 0 Å². The molecule has 1 aromatic rings. The molecule has 1 atom stereocenters. The Bertz CT molecular complexity index is 470. The molecule has 3 nitrogen and oxygen atoms in total. The molecule has 1 fully saturated rings. The van der Waals surface area contributed by atoms with Gasteiger partial charge in [0.05, 0.1) is 11.6 Å². The lowest BCUT2D eigenvalue weighted by molar-refractivity contribution is 0.153. The number of hydrogen-bond donors (Lipinski definition) is 0. The van der Waals surface area contributed by atoms with E-state index < -0.39 is 0 Å². The standard InChI is InChI=1S/C15H19ClN2O/c1-18-9-3-2-5-12(18)8-10-19-15-7-4-6-14(16)13(15)11-17/h4,6-7,12H,2-3,5,8-10H2,1H3. The van der Waals surface area contributed by atoms with E-state index in [4.69, 9.17) is 21.6 Å². The fraction of sp³-hybridized carbons (Fsp3) is 0.533. The molecule has 0 aromatic heterocycles. The van der Waals surface area contributed by atoms with E-state index in [1.165, 1.54) is 25.8 Å². The van der Waals surface area contributed by atoms with E-state index in [-0.39, 0.29) is 0 Å². The molecule has 19 heavy (non-hydrogen) atoms. The molecular weight excluding hydrogens is 260 g/mol. The van der Waals surface area contributed by atoms with Crippen LogP contribution in [-0.2, 0) is 0 Å². The average molecular weight is 279 g/mol. The monoisotopic (exact) mass is 278 g/mol. The maximum absolute atomic E-state index is 9.07. The first kappa shape index (κ1) is 14.2. The van der Waals surface area contributed by atoms with Crippen molar-refractivity contribution in [2.75, 3.05) is 20.2 Å². The maximum atomic E-state index is 9.07. The smallest absolute Gasteiger partial charge is 0.138 e.